The minimum absolute atomic E-state index is 0.258. The average Bonchev–Trinajstić information content (AvgIpc) is 2.92. The summed E-state index contributed by atoms with van der Waals surface area (Å²) in [6.07, 6.45) is 0. The number of aryl methyl sites for hydroxylation is 1. The van der Waals surface area contributed by atoms with Gasteiger partial charge in [0.15, 0.2) is 18.2 Å². The first-order valence-electron chi connectivity index (χ1n) is 5.55. The summed E-state index contributed by atoms with van der Waals surface area (Å²) < 4.78 is 17.8. The van der Waals surface area contributed by atoms with Crippen molar-refractivity contribution in [3.63, 3.8) is 0 Å². The van der Waals surface area contributed by atoms with Crippen molar-refractivity contribution in [3.8, 4) is 17.2 Å². The Morgan fingerprint density at radius 2 is 2.17 bits per heavy atom. The number of aromatic nitrogens is 2. The molecule has 1 aromatic carbocycles. The molecular formula is C12H13N3O3. The third-order valence-electron chi connectivity index (χ3n) is 2.70. The molecule has 2 heterocycles. The predicted octanol–water partition coefficient (Wildman–Crippen LogP) is 1.54. The molecule has 0 saturated carbocycles. The lowest BCUT2D eigenvalue weighted by Crippen LogP contribution is -2.08. The van der Waals surface area contributed by atoms with Gasteiger partial charge in [0.25, 0.3) is 0 Å². The van der Waals surface area contributed by atoms with Crippen molar-refractivity contribution in [2.24, 2.45) is 0 Å². The number of anilines is 1. The molecule has 0 unspecified atom stereocenters. The summed E-state index contributed by atoms with van der Waals surface area (Å²) in [6, 6.07) is 7.24. The predicted molar refractivity (Wildman–Crippen MR) is 64.6 cm³/mol. The summed E-state index contributed by atoms with van der Waals surface area (Å²) in [5, 5.41) is 4.11. The van der Waals surface area contributed by atoms with Gasteiger partial charge in [-0.15, -0.1) is 0 Å². The van der Waals surface area contributed by atoms with Gasteiger partial charge in [0.2, 0.25) is 6.79 Å². The molecule has 0 bridgehead atoms. The van der Waals surface area contributed by atoms with E-state index in [0.29, 0.717) is 24.0 Å². The van der Waals surface area contributed by atoms with Crippen molar-refractivity contribution < 1.29 is 14.2 Å². The van der Waals surface area contributed by atoms with Gasteiger partial charge in [-0.3, -0.25) is 0 Å². The highest BCUT2D eigenvalue weighted by atomic mass is 16.7. The molecule has 3 rings (SSSR count). The van der Waals surface area contributed by atoms with Crippen molar-refractivity contribution in [2.45, 2.75) is 13.7 Å². The zero-order valence-corrected chi connectivity index (χ0v) is 9.92. The lowest BCUT2D eigenvalue weighted by atomic mass is 10.3. The summed E-state index contributed by atoms with van der Waals surface area (Å²) in [6.45, 7) is 2.49. The topological polar surface area (TPSA) is 71.5 Å². The summed E-state index contributed by atoms with van der Waals surface area (Å²) in [4.78, 5) is 0. The Morgan fingerprint density at radius 3 is 2.94 bits per heavy atom. The van der Waals surface area contributed by atoms with Gasteiger partial charge in [-0.2, -0.15) is 5.10 Å². The minimum Gasteiger partial charge on any atom is -0.471 e. The maximum absolute atomic E-state index is 5.62. The fraction of sp³-hybridized carbons (Fsp3) is 0.250. The first kappa shape index (κ1) is 10.8. The molecule has 1 aliphatic heterocycles. The van der Waals surface area contributed by atoms with Crippen LogP contribution in [0.25, 0.3) is 0 Å². The van der Waals surface area contributed by atoms with Gasteiger partial charge >= 0.3 is 0 Å². The number of nitrogen functional groups attached to an aromatic ring is 1. The number of hydrogen-bond donors (Lipinski definition) is 1. The van der Waals surface area contributed by atoms with E-state index in [1.54, 1.807) is 16.8 Å². The zero-order chi connectivity index (χ0) is 12.5. The Hall–Kier alpha value is -2.37. The maximum atomic E-state index is 5.62. The van der Waals surface area contributed by atoms with Crippen LogP contribution in [-0.2, 0) is 6.73 Å². The van der Waals surface area contributed by atoms with E-state index in [4.69, 9.17) is 19.9 Å². The number of ether oxygens (including phenoxy) is 3. The average molecular weight is 247 g/mol. The molecule has 1 aliphatic rings. The van der Waals surface area contributed by atoms with E-state index in [2.05, 4.69) is 5.10 Å². The zero-order valence-electron chi connectivity index (χ0n) is 9.92. The van der Waals surface area contributed by atoms with Crippen molar-refractivity contribution in [1.82, 2.24) is 9.78 Å². The summed E-state index contributed by atoms with van der Waals surface area (Å²) in [5.41, 5.74) is 6.55. The standard InChI is InChI=1S/C12H13N3O3/c1-8-4-12(13)14-15(8)6-16-9-2-3-10-11(5-9)18-7-17-10/h2-5H,6-7H2,1H3,(H2,13,14). The van der Waals surface area contributed by atoms with E-state index in [1.807, 2.05) is 19.1 Å². The van der Waals surface area contributed by atoms with Crippen LogP contribution in [0.1, 0.15) is 5.69 Å². The molecular weight excluding hydrogens is 234 g/mol. The molecule has 0 radical (unpaired) electrons. The maximum Gasteiger partial charge on any atom is 0.231 e. The first-order valence-corrected chi connectivity index (χ1v) is 5.55. The Morgan fingerprint density at radius 1 is 1.33 bits per heavy atom. The van der Waals surface area contributed by atoms with Gasteiger partial charge in [-0.25, -0.2) is 4.68 Å². The van der Waals surface area contributed by atoms with Crippen molar-refractivity contribution in [2.75, 3.05) is 12.5 Å². The molecule has 18 heavy (non-hydrogen) atoms. The molecule has 2 aromatic rings. The lowest BCUT2D eigenvalue weighted by Gasteiger charge is -2.08. The van der Waals surface area contributed by atoms with E-state index in [9.17, 15) is 0 Å². The normalized spacial score (nSPS) is 12.7. The molecule has 0 spiro atoms. The largest absolute Gasteiger partial charge is 0.471 e. The second kappa shape index (κ2) is 4.14. The third-order valence-corrected chi connectivity index (χ3v) is 2.70. The van der Waals surface area contributed by atoms with Crippen LogP contribution >= 0.6 is 0 Å². The smallest absolute Gasteiger partial charge is 0.231 e. The van der Waals surface area contributed by atoms with Crippen molar-refractivity contribution in [3.05, 3.63) is 30.0 Å². The first-order chi connectivity index (χ1) is 8.72. The second-order valence-corrected chi connectivity index (χ2v) is 4.00. The lowest BCUT2D eigenvalue weighted by molar-refractivity contribution is 0.173. The molecule has 1 aromatic heterocycles. The summed E-state index contributed by atoms with van der Waals surface area (Å²) in [7, 11) is 0. The monoisotopic (exact) mass is 247 g/mol. The van der Waals surface area contributed by atoms with Gasteiger partial charge in [0.1, 0.15) is 11.6 Å². The Bertz CT molecular complexity index is 580. The van der Waals surface area contributed by atoms with Gasteiger partial charge < -0.3 is 19.9 Å². The Labute approximate surface area is 104 Å². The molecule has 0 fully saturated rings. The Balaban J connectivity index is 1.72. The van der Waals surface area contributed by atoms with Crippen molar-refractivity contribution >= 4 is 5.82 Å². The molecule has 0 atom stereocenters. The van der Waals surface area contributed by atoms with Crippen LogP contribution in [0.3, 0.4) is 0 Å². The second-order valence-electron chi connectivity index (χ2n) is 4.00. The molecule has 0 aliphatic carbocycles. The number of fused-ring (bicyclic) bond motifs is 1. The number of nitrogens with zero attached hydrogens (tertiary/aromatic N) is 2. The van der Waals surface area contributed by atoms with Crippen LogP contribution in [0.5, 0.6) is 17.2 Å². The fourth-order valence-corrected chi connectivity index (χ4v) is 1.77. The Kier molecular flexibility index (Phi) is 2.47. The van der Waals surface area contributed by atoms with Crippen LogP contribution in [0.4, 0.5) is 5.82 Å². The molecule has 2 N–H and O–H groups in total. The van der Waals surface area contributed by atoms with E-state index in [1.165, 1.54) is 0 Å². The molecule has 0 saturated heterocycles. The highest BCUT2D eigenvalue weighted by molar-refractivity contribution is 5.46. The van der Waals surface area contributed by atoms with Gasteiger partial charge in [-0.1, -0.05) is 0 Å². The number of rotatable bonds is 3. The molecule has 0 amide bonds. The van der Waals surface area contributed by atoms with Crippen LogP contribution in [0.2, 0.25) is 0 Å². The summed E-state index contributed by atoms with van der Waals surface area (Å²) >= 11 is 0. The van der Waals surface area contributed by atoms with E-state index in [0.717, 1.165) is 11.4 Å². The van der Waals surface area contributed by atoms with Crippen molar-refractivity contribution in [1.29, 1.82) is 0 Å². The highest BCUT2D eigenvalue weighted by Crippen LogP contribution is 2.35. The van der Waals surface area contributed by atoms with E-state index < -0.39 is 0 Å². The third kappa shape index (κ3) is 1.92. The summed E-state index contributed by atoms with van der Waals surface area (Å²) in [5.74, 6) is 2.63. The van der Waals surface area contributed by atoms with Crippen LogP contribution in [0.15, 0.2) is 24.3 Å². The van der Waals surface area contributed by atoms with Crippen LogP contribution in [-0.4, -0.2) is 16.6 Å². The van der Waals surface area contributed by atoms with E-state index in [-0.39, 0.29) is 6.79 Å². The highest BCUT2D eigenvalue weighted by Gasteiger charge is 2.13. The number of benzene rings is 1. The van der Waals surface area contributed by atoms with Gasteiger partial charge in [-0.05, 0) is 19.1 Å². The van der Waals surface area contributed by atoms with Crippen LogP contribution in [0, 0.1) is 6.92 Å². The minimum atomic E-state index is 0.258. The molecule has 6 heteroatoms. The fourth-order valence-electron chi connectivity index (χ4n) is 1.77. The SMILES string of the molecule is Cc1cc(N)nn1COc1ccc2c(c1)OCO2. The number of nitrogens with two attached hydrogens (primary N) is 1. The number of hydrogen-bond acceptors (Lipinski definition) is 5. The quantitative estimate of drug-likeness (QED) is 0.890. The van der Waals surface area contributed by atoms with Crippen LogP contribution < -0.4 is 19.9 Å². The van der Waals surface area contributed by atoms with Gasteiger partial charge in [0, 0.05) is 17.8 Å². The molecule has 94 valence electrons. The molecule has 6 nitrogen and oxygen atoms in total. The van der Waals surface area contributed by atoms with E-state index >= 15 is 0 Å². The van der Waals surface area contributed by atoms with Gasteiger partial charge in [0.05, 0.1) is 0 Å².